The number of rotatable bonds is 5. The van der Waals surface area contributed by atoms with Gasteiger partial charge in [-0.3, -0.25) is 0 Å². The lowest BCUT2D eigenvalue weighted by Gasteiger charge is -2.33. The largest absolute Gasteiger partial charge is 0.463 e. The fraction of sp³-hybridized carbons (Fsp3) is 0.645. The van der Waals surface area contributed by atoms with Crippen molar-refractivity contribution >= 4 is 29.2 Å². The molecular formula is C31H41ClN8O3. The zero-order valence-corrected chi connectivity index (χ0v) is 25.9. The summed E-state index contributed by atoms with van der Waals surface area (Å²) in [6, 6.07) is 4.55. The summed E-state index contributed by atoms with van der Waals surface area (Å²) in [7, 11) is 2.35. The Bertz CT molecular complexity index is 1360. The fourth-order valence-corrected chi connectivity index (χ4v) is 6.79. The number of piperidine rings is 2. The van der Waals surface area contributed by atoms with Crippen molar-refractivity contribution in [3.8, 4) is 12.1 Å². The number of hydrogen-bond donors (Lipinski definition) is 1. The Balaban J connectivity index is 0.000000188. The Morgan fingerprint density at radius 1 is 0.837 bits per heavy atom. The molecule has 2 fully saturated rings. The first-order valence-corrected chi connectivity index (χ1v) is 15.6. The van der Waals surface area contributed by atoms with Crippen LogP contribution in [0.4, 0.5) is 11.6 Å². The quantitative estimate of drug-likeness (QED) is 0.383. The number of anilines is 2. The molecule has 0 unspecified atom stereocenters. The molecule has 0 amide bonds. The standard InChI is InChI=1S/C16H20N4O2.C14H17ClN4.CH4O/c1-22-16(21)14-18-13-6-2-5-12(13)15(19-14)20-9-3-4-11(10-20)7-8-17;15-14-17-12-5-1-4-11(12)13(18-14)19-8-2-3-10(9-19)6-7-16;1-2/h11H,2-7,9-10H2,1H3;10H,1-6,8-9H2;2H,1H3/t11-;10-;/m00./s1. The van der Waals surface area contributed by atoms with Gasteiger partial charge in [0.15, 0.2) is 0 Å². The molecule has 0 spiro atoms. The smallest absolute Gasteiger partial charge is 0.376 e. The van der Waals surface area contributed by atoms with Crippen molar-refractivity contribution in [2.45, 2.75) is 77.0 Å². The molecule has 2 saturated heterocycles. The highest BCUT2D eigenvalue weighted by molar-refractivity contribution is 6.28. The van der Waals surface area contributed by atoms with E-state index in [9.17, 15) is 4.79 Å². The lowest BCUT2D eigenvalue weighted by atomic mass is 9.95. The lowest BCUT2D eigenvalue weighted by molar-refractivity contribution is 0.0586. The van der Waals surface area contributed by atoms with E-state index in [1.54, 1.807) is 0 Å². The first kappa shape index (κ1) is 32.4. The molecule has 1 N–H and O–H groups in total. The summed E-state index contributed by atoms with van der Waals surface area (Å²) >= 11 is 6.04. The second-order valence-electron chi connectivity index (χ2n) is 11.4. The van der Waals surface area contributed by atoms with Crippen LogP contribution in [0.3, 0.4) is 0 Å². The number of esters is 1. The highest BCUT2D eigenvalue weighted by atomic mass is 35.5. The summed E-state index contributed by atoms with van der Waals surface area (Å²) in [6.07, 6.45) is 11.7. The first-order chi connectivity index (χ1) is 21.0. The maximum absolute atomic E-state index is 11.8. The minimum atomic E-state index is -0.485. The van der Waals surface area contributed by atoms with Gasteiger partial charge in [0.1, 0.15) is 11.6 Å². The van der Waals surface area contributed by atoms with Gasteiger partial charge in [-0.1, -0.05) is 0 Å². The van der Waals surface area contributed by atoms with E-state index in [0.717, 1.165) is 121 Å². The number of nitrogens with zero attached hydrogens (tertiary/aromatic N) is 8. The molecule has 4 heterocycles. The minimum Gasteiger partial charge on any atom is -0.463 e. The number of carbonyl (C=O) groups is 1. The van der Waals surface area contributed by atoms with Gasteiger partial charge in [0.05, 0.1) is 30.6 Å². The molecule has 0 radical (unpaired) electrons. The van der Waals surface area contributed by atoms with Crippen LogP contribution in [0.15, 0.2) is 0 Å². The van der Waals surface area contributed by atoms with E-state index >= 15 is 0 Å². The van der Waals surface area contributed by atoms with Gasteiger partial charge in [-0.05, 0) is 87.6 Å². The van der Waals surface area contributed by atoms with Crippen molar-refractivity contribution in [1.82, 2.24) is 19.9 Å². The van der Waals surface area contributed by atoms with Gasteiger partial charge in [-0.15, -0.1) is 0 Å². The third-order valence-corrected chi connectivity index (χ3v) is 8.73. The number of aliphatic hydroxyl groups is 1. The van der Waals surface area contributed by atoms with E-state index in [4.69, 9.17) is 32.0 Å². The number of aryl methyl sites for hydroxylation is 2. The summed E-state index contributed by atoms with van der Waals surface area (Å²) in [5.41, 5.74) is 4.55. The second-order valence-corrected chi connectivity index (χ2v) is 11.7. The monoisotopic (exact) mass is 608 g/mol. The van der Waals surface area contributed by atoms with Crippen molar-refractivity contribution in [2.24, 2.45) is 11.8 Å². The van der Waals surface area contributed by atoms with Crippen LogP contribution in [-0.4, -0.2) is 71.4 Å². The maximum atomic E-state index is 11.8. The van der Waals surface area contributed by atoms with Gasteiger partial charge in [0.2, 0.25) is 11.1 Å². The molecule has 2 aliphatic carbocycles. The molecule has 2 atom stereocenters. The van der Waals surface area contributed by atoms with Crippen LogP contribution in [0.25, 0.3) is 0 Å². The number of aliphatic hydroxyl groups excluding tert-OH is 1. The molecule has 230 valence electrons. The van der Waals surface area contributed by atoms with Crippen LogP contribution < -0.4 is 9.80 Å². The van der Waals surface area contributed by atoms with Crippen molar-refractivity contribution in [2.75, 3.05) is 50.2 Å². The molecule has 0 bridgehead atoms. The number of carbonyl (C=O) groups excluding carboxylic acids is 1. The summed E-state index contributed by atoms with van der Waals surface area (Å²) in [6.45, 7) is 3.69. The van der Waals surface area contributed by atoms with Crippen molar-refractivity contribution in [1.29, 1.82) is 10.5 Å². The highest BCUT2D eigenvalue weighted by Crippen LogP contribution is 2.34. The molecule has 2 aromatic rings. The van der Waals surface area contributed by atoms with Crippen LogP contribution in [0, 0.1) is 34.5 Å². The van der Waals surface area contributed by atoms with Crippen LogP contribution in [0.1, 0.15) is 84.5 Å². The van der Waals surface area contributed by atoms with Crippen molar-refractivity contribution < 1.29 is 14.6 Å². The fourth-order valence-electron chi connectivity index (χ4n) is 6.61. The van der Waals surface area contributed by atoms with Crippen LogP contribution in [0.2, 0.25) is 5.28 Å². The molecule has 6 rings (SSSR count). The van der Waals surface area contributed by atoms with Crippen LogP contribution in [0.5, 0.6) is 0 Å². The molecule has 0 aromatic carbocycles. The minimum absolute atomic E-state index is 0.153. The average Bonchev–Trinajstić information content (AvgIpc) is 3.71. The SMILES string of the molecule is CO.COC(=O)c1nc2c(c(N3CCC[C@@H](CC#N)C3)n1)CCC2.N#CC[C@@H]1CCCN(c2nc(Cl)nc3c2CCC3)C1. The number of nitriles is 2. The van der Waals surface area contributed by atoms with Crippen LogP contribution >= 0.6 is 11.6 Å². The van der Waals surface area contributed by atoms with Gasteiger partial charge < -0.3 is 19.6 Å². The van der Waals surface area contributed by atoms with E-state index in [-0.39, 0.29) is 5.82 Å². The number of fused-ring (bicyclic) bond motifs is 2. The molecule has 0 saturated carbocycles. The Morgan fingerprint density at radius 2 is 1.35 bits per heavy atom. The molecule has 2 aliphatic heterocycles. The van der Waals surface area contributed by atoms with Crippen LogP contribution in [-0.2, 0) is 30.4 Å². The van der Waals surface area contributed by atoms with E-state index in [0.29, 0.717) is 30.0 Å². The van der Waals surface area contributed by atoms with Gasteiger partial charge in [0.25, 0.3) is 0 Å². The predicted octanol–water partition coefficient (Wildman–Crippen LogP) is 4.24. The molecule has 4 aliphatic rings. The Hall–Kier alpha value is -3.54. The molecule has 12 heteroatoms. The molecule has 43 heavy (non-hydrogen) atoms. The number of ether oxygens (including phenoxy) is 1. The summed E-state index contributed by atoms with van der Waals surface area (Å²) in [5, 5.41) is 25.1. The normalized spacial score (nSPS) is 20.3. The number of hydrogen-bond acceptors (Lipinski definition) is 11. The number of aromatic nitrogens is 4. The van der Waals surface area contributed by atoms with Crippen molar-refractivity contribution in [3.63, 3.8) is 0 Å². The summed E-state index contributed by atoms with van der Waals surface area (Å²) in [4.78, 5) is 34.0. The Morgan fingerprint density at radius 3 is 1.86 bits per heavy atom. The zero-order valence-electron chi connectivity index (χ0n) is 25.2. The maximum Gasteiger partial charge on any atom is 0.376 e. The van der Waals surface area contributed by atoms with Gasteiger partial charge >= 0.3 is 5.97 Å². The number of methoxy groups -OCH3 is 1. The van der Waals surface area contributed by atoms with Crippen molar-refractivity contribution in [3.05, 3.63) is 33.6 Å². The number of halogens is 1. The summed E-state index contributed by atoms with van der Waals surface area (Å²) < 4.78 is 4.77. The van der Waals surface area contributed by atoms with Gasteiger partial charge in [-0.25, -0.2) is 24.7 Å². The Labute approximate surface area is 258 Å². The molecule has 11 nitrogen and oxygen atoms in total. The van der Waals surface area contributed by atoms with E-state index < -0.39 is 5.97 Å². The van der Waals surface area contributed by atoms with E-state index in [2.05, 4.69) is 41.9 Å². The Kier molecular flexibility index (Phi) is 11.9. The van der Waals surface area contributed by atoms with E-state index in [1.165, 1.54) is 18.2 Å². The lowest BCUT2D eigenvalue weighted by Crippen LogP contribution is -2.37. The van der Waals surface area contributed by atoms with E-state index in [1.807, 2.05) is 0 Å². The third-order valence-electron chi connectivity index (χ3n) is 8.56. The van der Waals surface area contributed by atoms with Gasteiger partial charge in [0, 0.05) is 57.3 Å². The summed E-state index contributed by atoms with van der Waals surface area (Å²) in [5.74, 6) is 2.42. The topological polar surface area (TPSA) is 152 Å². The van der Waals surface area contributed by atoms with Gasteiger partial charge in [-0.2, -0.15) is 10.5 Å². The second kappa shape index (κ2) is 15.8. The predicted molar refractivity (Wildman–Crippen MR) is 163 cm³/mol. The third kappa shape index (κ3) is 7.90. The zero-order chi connectivity index (χ0) is 30.8. The first-order valence-electron chi connectivity index (χ1n) is 15.2. The average molecular weight is 609 g/mol. The highest BCUT2D eigenvalue weighted by Gasteiger charge is 2.29. The molecular weight excluding hydrogens is 568 g/mol. The molecule has 2 aromatic heterocycles.